The summed E-state index contributed by atoms with van der Waals surface area (Å²) in [5.41, 5.74) is 5.37. The van der Waals surface area contributed by atoms with Gasteiger partial charge in [0.2, 0.25) is 5.91 Å². The molecule has 1 amide bonds. The molecule has 0 saturated carbocycles. The van der Waals surface area contributed by atoms with Gasteiger partial charge in [-0.2, -0.15) is 0 Å². The molecule has 1 N–H and O–H groups in total. The summed E-state index contributed by atoms with van der Waals surface area (Å²) in [5.74, 6) is 1.13. The molecule has 0 unspecified atom stereocenters. The Balaban J connectivity index is 1.48. The first-order chi connectivity index (χ1) is 14.1. The fraction of sp³-hybridized carbons (Fsp3) is 0.261. The van der Waals surface area contributed by atoms with E-state index >= 15 is 0 Å². The van der Waals surface area contributed by atoms with Crippen LogP contribution in [0.5, 0.6) is 5.75 Å². The van der Waals surface area contributed by atoms with E-state index in [9.17, 15) is 4.79 Å². The Kier molecular flexibility index (Phi) is 7.25. The highest BCUT2D eigenvalue weighted by atomic mass is 32.2. The predicted molar refractivity (Wildman–Crippen MR) is 117 cm³/mol. The molecule has 0 aliphatic heterocycles. The normalized spacial score (nSPS) is 10.6. The molecule has 3 rings (SSSR count). The van der Waals surface area contributed by atoms with Crippen LogP contribution >= 0.6 is 11.8 Å². The van der Waals surface area contributed by atoms with E-state index in [0.29, 0.717) is 12.3 Å². The molecule has 29 heavy (non-hydrogen) atoms. The third kappa shape index (κ3) is 5.81. The summed E-state index contributed by atoms with van der Waals surface area (Å²) in [4.78, 5) is 12.1. The number of aryl methyl sites for hydroxylation is 2. The zero-order valence-corrected chi connectivity index (χ0v) is 17.8. The van der Waals surface area contributed by atoms with Crippen molar-refractivity contribution in [3.05, 3.63) is 71.3 Å². The topological polar surface area (TPSA) is 64.1 Å². The lowest BCUT2D eigenvalue weighted by atomic mass is 10.0. The highest BCUT2D eigenvalue weighted by Gasteiger charge is 2.08. The zero-order chi connectivity index (χ0) is 20.6. The van der Waals surface area contributed by atoms with E-state index in [-0.39, 0.29) is 5.91 Å². The zero-order valence-electron chi connectivity index (χ0n) is 16.9. The summed E-state index contributed by atoms with van der Waals surface area (Å²) in [6.07, 6.45) is 0.727. The van der Waals surface area contributed by atoms with Gasteiger partial charge in [-0.3, -0.25) is 4.79 Å². The van der Waals surface area contributed by atoms with E-state index in [0.717, 1.165) is 34.0 Å². The molecule has 0 saturated heterocycles. The van der Waals surface area contributed by atoms with Crippen molar-refractivity contribution in [2.45, 2.75) is 25.3 Å². The average molecular weight is 408 g/mol. The van der Waals surface area contributed by atoms with Crippen molar-refractivity contribution in [1.29, 1.82) is 0 Å². The molecule has 0 bridgehead atoms. The van der Waals surface area contributed by atoms with E-state index in [1.54, 1.807) is 7.11 Å². The Labute approximate surface area is 175 Å². The molecule has 0 aliphatic rings. The van der Waals surface area contributed by atoms with Gasteiger partial charge >= 0.3 is 0 Å². The second kappa shape index (κ2) is 10.1. The van der Waals surface area contributed by atoms with Crippen molar-refractivity contribution in [1.82, 2.24) is 15.5 Å². The number of para-hydroxylation sites is 1. The molecule has 2 aromatic carbocycles. The van der Waals surface area contributed by atoms with Crippen LogP contribution in [0.3, 0.4) is 0 Å². The molecule has 1 aromatic heterocycles. The van der Waals surface area contributed by atoms with E-state index in [1.165, 1.54) is 22.9 Å². The summed E-state index contributed by atoms with van der Waals surface area (Å²) in [7, 11) is 1.65. The Morgan fingerprint density at radius 1 is 1.07 bits per heavy atom. The predicted octanol–water partition coefficient (Wildman–Crippen LogP) is 4.22. The van der Waals surface area contributed by atoms with E-state index in [2.05, 4.69) is 47.6 Å². The summed E-state index contributed by atoms with van der Waals surface area (Å²) in [5, 5.41) is 12.3. The quantitative estimate of drug-likeness (QED) is 0.567. The molecule has 0 radical (unpaired) electrons. The van der Waals surface area contributed by atoms with Crippen LogP contribution in [0.25, 0.3) is 11.3 Å². The van der Waals surface area contributed by atoms with E-state index < -0.39 is 0 Å². The number of rotatable bonds is 8. The van der Waals surface area contributed by atoms with Gasteiger partial charge in [0.05, 0.1) is 18.6 Å². The molecule has 1 heterocycles. The van der Waals surface area contributed by atoms with Gasteiger partial charge in [-0.25, -0.2) is 0 Å². The minimum absolute atomic E-state index is 0.0229. The van der Waals surface area contributed by atoms with Crippen LogP contribution in [0.1, 0.15) is 16.7 Å². The lowest BCUT2D eigenvalue weighted by molar-refractivity contribution is -0.118. The number of nitrogens with one attached hydrogen (secondary N) is 1. The molecule has 3 aromatic rings. The number of ether oxygens (including phenoxy) is 1. The van der Waals surface area contributed by atoms with Gasteiger partial charge in [0.25, 0.3) is 0 Å². The molecule has 5 nitrogen and oxygen atoms in total. The number of methoxy groups -OCH3 is 1. The maximum Gasteiger partial charge on any atom is 0.230 e. The van der Waals surface area contributed by atoms with Crippen LogP contribution in [0, 0.1) is 13.8 Å². The molecule has 0 fully saturated rings. The first-order valence-corrected chi connectivity index (χ1v) is 10.5. The summed E-state index contributed by atoms with van der Waals surface area (Å²) in [6, 6.07) is 18.0. The first kappa shape index (κ1) is 20.9. The number of nitrogens with zero attached hydrogens (tertiary/aromatic N) is 2. The van der Waals surface area contributed by atoms with Crippen molar-refractivity contribution in [2.24, 2.45) is 0 Å². The van der Waals surface area contributed by atoms with Gasteiger partial charge in [-0.1, -0.05) is 47.7 Å². The fourth-order valence-electron chi connectivity index (χ4n) is 2.99. The van der Waals surface area contributed by atoms with Gasteiger partial charge in [-0.15, -0.1) is 10.2 Å². The molecular formula is C23H25N3O2S. The summed E-state index contributed by atoms with van der Waals surface area (Å²) < 4.78 is 5.33. The molecule has 150 valence electrons. The molecule has 0 spiro atoms. The number of carbonyl (C=O) groups excluding carboxylic acids is 1. The van der Waals surface area contributed by atoms with Crippen molar-refractivity contribution in [2.75, 3.05) is 19.4 Å². The number of hydrogen-bond donors (Lipinski definition) is 1. The molecule has 0 atom stereocenters. The van der Waals surface area contributed by atoms with Gasteiger partial charge in [0.15, 0.2) is 0 Å². The third-order valence-corrected chi connectivity index (χ3v) is 5.49. The minimum atomic E-state index is -0.0229. The summed E-state index contributed by atoms with van der Waals surface area (Å²) >= 11 is 1.38. The molecule has 0 aliphatic carbocycles. The van der Waals surface area contributed by atoms with Gasteiger partial charge < -0.3 is 10.1 Å². The van der Waals surface area contributed by atoms with Crippen molar-refractivity contribution in [3.8, 4) is 17.0 Å². The number of amides is 1. The van der Waals surface area contributed by atoms with Crippen LogP contribution < -0.4 is 10.1 Å². The minimum Gasteiger partial charge on any atom is -0.496 e. The van der Waals surface area contributed by atoms with Gasteiger partial charge in [0.1, 0.15) is 10.8 Å². The van der Waals surface area contributed by atoms with Crippen LogP contribution in [-0.2, 0) is 11.2 Å². The maximum atomic E-state index is 12.1. The highest BCUT2D eigenvalue weighted by molar-refractivity contribution is 7.99. The second-order valence-electron chi connectivity index (χ2n) is 6.78. The molecular weight excluding hydrogens is 382 g/mol. The van der Waals surface area contributed by atoms with Crippen molar-refractivity contribution < 1.29 is 9.53 Å². The first-order valence-electron chi connectivity index (χ1n) is 9.49. The number of carbonyl (C=O) groups is 1. The highest BCUT2D eigenvalue weighted by Crippen LogP contribution is 2.24. The standard InChI is InChI=1S/C23H25N3O2S/c1-16-8-9-17(2)19(14-16)20-10-11-23(26-25-20)29-15-22(27)24-13-12-18-6-4-5-7-21(18)28-3/h4-11,14H,12-13,15H2,1-3H3,(H,24,27). The Morgan fingerprint density at radius 2 is 1.90 bits per heavy atom. The van der Waals surface area contributed by atoms with E-state index in [4.69, 9.17) is 4.74 Å². The lowest BCUT2D eigenvalue weighted by Gasteiger charge is -2.09. The molecule has 6 heteroatoms. The van der Waals surface area contributed by atoms with Crippen molar-refractivity contribution in [3.63, 3.8) is 0 Å². The van der Waals surface area contributed by atoms with Crippen LogP contribution in [-0.4, -0.2) is 35.5 Å². The number of hydrogen-bond acceptors (Lipinski definition) is 5. The number of benzene rings is 2. The average Bonchev–Trinajstić information content (AvgIpc) is 2.75. The second-order valence-corrected chi connectivity index (χ2v) is 7.77. The number of aromatic nitrogens is 2. The Bertz CT molecular complexity index is 974. The largest absolute Gasteiger partial charge is 0.496 e. The van der Waals surface area contributed by atoms with Gasteiger partial charge in [-0.05, 0) is 55.7 Å². The Morgan fingerprint density at radius 3 is 2.66 bits per heavy atom. The fourth-order valence-corrected chi connectivity index (χ4v) is 3.63. The third-order valence-electron chi connectivity index (χ3n) is 4.57. The summed E-state index contributed by atoms with van der Waals surface area (Å²) in [6.45, 7) is 4.69. The Hall–Kier alpha value is -2.86. The van der Waals surface area contributed by atoms with Crippen LogP contribution in [0.2, 0.25) is 0 Å². The lowest BCUT2D eigenvalue weighted by Crippen LogP contribution is -2.27. The van der Waals surface area contributed by atoms with Crippen LogP contribution in [0.15, 0.2) is 59.6 Å². The van der Waals surface area contributed by atoms with Crippen LogP contribution in [0.4, 0.5) is 0 Å². The van der Waals surface area contributed by atoms with E-state index in [1.807, 2.05) is 36.4 Å². The monoisotopic (exact) mass is 407 g/mol. The SMILES string of the molecule is COc1ccccc1CCNC(=O)CSc1ccc(-c2cc(C)ccc2C)nn1. The van der Waals surface area contributed by atoms with Gasteiger partial charge in [0, 0.05) is 12.1 Å². The maximum absolute atomic E-state index is 12.1. The number of thioether (sulfide) groups is 1. The smallest absolute Gasteiger partial charge is 0.230 e. The van der Waals surface area contributed by atoms with Crippen molar-refractivity contribution >= 4 is 17.7 Å².